The van der Waals surface area contributed by atoms with E-state index in [1.807, 2.05) is 0 Å². The number of aromatic amines is 1. The lowest BCUT2D eigenvalue weighted by atomic mass is 10.0. The molecule has 0 bridgehead atoms. The molecule has 0 amide bonds. The Morgan fingerprint density at radius 3 is 2.54 bits per heavy atom. The maximum absolute atomic E-state index is 12.0. The van der Waals surface area contributed by atoms with E-state index in [2.05, 4.69) is 13.8 Å². The number of hydrogen-bond acceptors (Lipinski definition) is 9. The Bertz CT molecular complexity index is 880. The molecule has 26 heavy (non-hydrogen) atoms. The van der Waals surface area contributed by atoms with Gasteiger partial charge in [-0.15, -0.1) is 0 Å². The second kappa shape index (κ2) is 7.34. The number of nitrogens with one attached hydrogen (secondary N) is 1. The van der Waals surface area contributed by atoms with Gasteiger partial charge in [-0.05, 0) is 13.0 Å². The van der Waals surface area contributed by atoms with Crippen molar-refractivity contribution in [1.29, 1.82) is 0 Å². The second-order valence-corrected chi connectivity index (χ2v) is 8.73. The Hall–Kier alpha value is -0.760. The van der Waals surface area contributed by atoms with Crippen LogP contribution in [0.4, 0.5) is 0 Å². The third-order valence-corrected chi connectivity index (χ3v) is 5.95. The minimum Gasteiger partial charge on any atom is -0.387 e. The van der Waals surface area contributed by atoms with Crippen molar-refractivity contribution in [2.45, 2.75) is 31.0 Å². The zero-order valence-corrected chi connectivity index (χ0v) is 15.6. The molecular weight excluding hydrogens is 418 g/mol. The Morgan fingerprint density at radius 2 is 2.00 bits per heavy atom. The molecule has 0 saturated carbocycles. The molecule has 1 aromatic rings. The van der Waals surface area contributed by atoms with Gasteiger partial charge in [-0.25, -0.2) is 13.9 Å². The number of aromatic nitrogens is 2. The number of hydrogen-bond donors (Lipinski definition) is 6. The third-order valence-electron chi connectivity index (χ3n) is 3.56. The monoisotopic (exact) mass is 434 g/mol. The van der Waals surface area contributed by atoms with Crippen molar-refractivity contribution in [3.8, 4) is 0 Å². The zero-order chi connectivity index (χ0) is 19.9. The van der Waals surface area contributed by atoms with Gasteiger partial charge in [-0.2, -0.15) is 4.31 Å². The van der Waals surface area contributed by atoms with Crippen molar-refractivity contribution >= 4 is 27.9 Å². The predicted octanol–water partition coefficient (Wildman–Crippen LogP) is -1.07. The van der Waals surface area contributed by atoms with Crippen LogP contribution in [0.2, 0.25) is 0 Å². The van der Waals surface area contributed by atoms with Crippen LogP contribution in [0.1, 0.15) is 6.92 Å². The summed E-state index contributed by atoms with van der Waals surface area (Å²) in [5.41, 5.74) is -2.53. The van der Waals surface area contributed by atoms with Gasteiger partial charge in [0, 0.05) is 6.20 Å². The number of ether oxygens (including phenoxy) is 1. The van der Waals surface area contributed by atoms with Crippen LogP contribution in [0.3, 0.4) is 0 Å². The molecule has 1 fully saturated rings. The van der Waals surface area contributed by atoms with E-state index in [0.717, 1.165) is 4.57 Å². The van der Waals surface area contributed by atoms with Crippen molar-refractivity contribution in [2.75, 3.05) is 6.61 Å². The molecule has 13 nitrogen and oxygen atoms in total. The summed E-state index contributed by atoms with van der Waals surface area (Å²) in [5, 5.41) is 20.3. The normalized spacial score (nSPS) is 31.7. The fourth-order valence-electron chi connectivity index (χ4n) is 2.39. The smallest absolute Gasteiger partial charge is 0.387 e. The average molecular weight is 434 g/mol. The fraction of sp³-hybridized carbons (Fsp3) is 0.600. The molecule has 1 saturated heterocycles. The summed E-state index contributed by atoms with van der Waals surface area (Å²) in [6, 6.07) is 1.34. The summed E-state index contributed by atoms with van der Waals surface area (Å²) in [4.78, 5) is 40.6. The molecule has 5 atom stereocenters. The minimum atomic E-state index is -5.31. The van der Waals surface area contributed by atoms with Crippen molar-refractivity contribution < 1.29 is 47.6 Å². The quantitative estimate of drug-likeness (QED) is 0.234. The van der Waals surface area contributed by atoms with E-state index in [9.17, 15) is 29.0 Å². The topological polar surface area (TPSA) is 201 Å². The van der Waals surface area contributed by atoms with Crippen LogP contribution in [-0.4, -0.2) is 59.4 Å². The van der Waals surface area contributed by atoms with Crippen LogP contribution in [0.5, 0.6) is 0 Å². The second-order valence-electron chi connectivity index (χ2n) is 5.46. The van der Waals surface area contributed by atoms with Crippen LogP contribution in [-0.2, 0) is 28.4 Å². The highest BCUT2D eigenvalue weighted by molar-refractivity contribution is 7.71. The first-order valence-electron chi connectivity index (χ1n) is 6.86. The minimum absolute atomic E-state index is 0.124. The number of aliphatic hydroxyl groups is 2. The predicted molar refractivity (Wildman–Crippen MR) is 85.3 cm³/mol. The molecule has 1 aliphatic heterocycles. The molecule has 0 aliphatic carbocycles. The highest BCUT2D eigenvalue weighted by Gasteiger charge is 2.53. The maximum atomic E-state index is 12.0. The van der Waals surface area contributed by atoms with Gasteiger partial charge in [0.25, 0.3) is 0 Å². The number of nitrogens with zero attached hydrogens (tertiary/aromatic N) is 1. The van der Waals surface area contributed by atoms with Gasteiger partial charge in [0.05, 0.1) is 6.61 Å². The van der Waals surface area contributed by atoms with Gasteiger partial charge in [0.1, 0.15) is 23.0 Å². The van der Waals surface area contributed by atoms with Crippen LogP contribution < -0.4 is 5.69 Å². The van der Waals surface area contributed by atoms with Crippen molar-refractivity contribution in [2.24, 2.45) is 0 Å². The number of phosphoric acid groups is 2. The van der Waals surface area contributed by atoms with Crippen molar-refractivity contribution in [3.05, 3.63) is 27.4 Å². The van der Waals surface area contributed by atoms with Gasteiger partial charge in [0.2, 0.25) is 0 Å². The van der Waals surface area contributed by atoms with Crippen LogP contribution in [0, 0.1) is 4.64 Å². The molecule has 1 aromatic heterocycles. The molecule has 1 unspecified atom stereocenters. The third kappa shape index (κ3) is 4.74. The molecule has 0 spiro atoms. The van der Waals surface area contributed by atoms with Crippen LogP contribution in [0.15, 0.2) is 17.1 Å². The van der Waals surface area contributed by atoms with E-state index >= 15 is 0 Å². The fourth-order valence-corrected chi connectivity index (χ4v) is 4.14. The largest absolute Gasteiger partial charge is 0.481 e. The summed E-state index contributed by atoms with van der Waals surface area (Å²) in [5.74, 6) is 0. The molecule has 2 rings (SSSR count). The lowest BCUT2D eigenvalue weighted by molar-refractivity contribution is -0.136. The first-order valence-corrected chi connectivity index (χ1v) is 10.3. The summed E-state index contributed by atoms with van der Waals surface area (Å²) in [6.45, 7) is 0.392. The number of phosphoric ester groups is 1. The number of rotatable bonds is 6. The van der Waals surface area contributed by atoms with E-state index in [4.69, 9.17) is 26.7 Å². The SMILES string of the molecule is C[C@@]1(n2ccc(=S)[nH]c2=O)O[C@H](COP(=O)(O)OP(=O)(O)O)[C@@H](O)[C@H]1O. The van der Waals surface area contributed by atoms with Crippen LogP contribution in [0.25, 0.3) is 0 Å². The molecule has 0 radical (unpaired) electrons. The van der Waals surface area contributed by atoms with Gasteiger partial charge in [-0.1, -0.05) is 12.2 Å². The van der Waals surface area contributed by atoms with Crippen molar-refractivity contribution in [1.82, 2.24) is 9.55 Å². The van der Waals surface area contributed by atoms with Gasteiger partial charge in [0.15, 0.2) is 5.72 Å². The standard InChI is InChI=1S/C10H16N2O11P2S/c1-10(12-3-2-6(26)11-9(12)15)8(14)7(13)5(22-10)4-21-25(19,20)23-24(16,17)18/h2-3,5,7-8,13-14H,4H2,1H3,(H,19,20)(H,11,15,26)(H2,16,17,18)/t5-,7-,8-,10-/m1/s1. The molecule has 0 aromatic carbocycles. The number of H-pyrrole nitrogens is 1. The maximum Gasteiger partial charge on any atom is 0.481 e. The number of aliphatic hydroxyl groups excluding tert-OH is 2. The molecule has 148 valence electrons. The Balaban J connectivity index is 2.19. The Labute approximate surface area is 150 Å². The Morgan fingerprint density at radius 1 is 1.38 bits per heavy atom. The first kappa shape index (κ1) is 21.5. The van der Waals surface area contributed by atoms with E-state index < -0.39 is 52.0 Å². The highest BCUT2D eigenvalue weighted by Crippen LogP contribution is 2.57. The van der Waals surface area contributed by atoms with Gasteiger partial charge in [-0.3, -0.25) is 14.1 Å². The van der Waals surface area contributed by atoms with E-state index in [1.54, 1.807) is 0 Å². The molecule has 16 heteroatoms. The summed E-state index contributed by atoms with van der Waals surface area (Å²) < 4.78 is 36.5. The van der Waals surface area contributed by atoms with E-state index in [-0.39, 0.29) is 4.64 Å². The molecule has 2 heterocycles. The first-order chi connectivity index (χ1) is 11.8. The summed E-state index contributed by atoms with van der Waals surface area (Å²) in [7, 11) is -10.5. The van der Waals surface area contributed by atoms with Crippen molar-refractivity contribution in [3.63, 3.8) is 0 Å². The van der Waals surface area contributed by atoms with E-state index in [0.29, 0.717) is 0 Å². The van der Waals surface area contributed by atoms with E-state index in [1.165, 1.54) is 19.2 Å². The summed E-state index contributed by atoms with van der Waals surface area (Å²) >= 11 is 4.79. The summed E-state index contributed by atoms with van der Waals surface area (Å²) in [6.07, 6.45) is -3.52. The molecule has 6 N–H and O–H groups in total. The lowest BCUT2D eigenvalue weighted by Gasteiger charge is -2.29. The zero-order valence-electron chi connectivity index (χ0n) is 13.0. The molecular formula is C10H16N2O11P2S. The average Bonchev–Trinajstić information content (AvgIpc) is 2.68. The molecule has 1 aliphatic rings. The lowest BCUT2D eigenvalue weighted by Crippen LogP contribution is -2.48. The van der Waals surface area contributed by atoms with Gasteiger partial charge < -0.3 is 29.6 Å². The van der Waals surface area contributed by atoms with Gasteiger partial charge >= 0.3 is 21.3 Å². The highest BCUT2D eigenvalue weighted by atomic mass is 32.1. The Kier molecular flexibility index (Phi) is 6.08. The van der Waals surface area contributed by atoms with Crippen LogP contribution >= 0.6 is 27.9 Å².